The van der Waals surface area contributed by atoms with Crippen LogP contribution in [0.3, 0.4) is 0 Å². The molecule has 2 aromatic heterocycles. The second-order valence-corrected chi connectivity index (χ2v) is 13.5. The Morgan fingerprint density at radius 3 is 2.38 bits per heavy atom. The van der Waals surface area contributed by atoms with Gasteiger partial charge in [0.1, 0.15) is 0 Å². The highest BCUT2D eigenvalue weighted by Crippen LogP contribution is 2.34. The van der Waals surface area contributed by atoms with E-state index in [4.69, 9.17) is 4.98 Å². The molecule has 0 radical (unpaired) electrons. The number of para-hydroxylation sites is 1. The first-order chi connectivity index (χ1) is 22.5. The van der Waals surface area contributed by atoms with Crippen LogP contribution in [-0.2, 0) is 13.1 Å². The number of piperidine rings is 1. The van der Waals surface area contributed by atoms with Crippen molar-refractivity contribution < 1.29 is 18.0 Å². The summed E-state index contributed by atoms with van der Waals surface area (Å²) in [6, 6.07) is 16.3. The smallest absolute Gasteiger partial charge is 0.336 e. The Labute approximate surface area is 274 Å². The average Bonchev–Trinajstić information content (AvgIpc) is 3.49. The molecular formula is C36H44F3N7O. The van der Waals surface area contributed by atoms with Crippen LogP contribution in [0.5, 0.6) is 0 Å². The lowest BCUT2D eigenvalue weighted by Gasteiger charge is -2.44. The monoisotopic (exact) mass is 647 g/mol. The normalized spacial score (nSPS) is 20.3. The highest BCUT2D eigenvalue weighted by Gasteiger charge is 2.41. The van der Waals surface area contributed by atoms with E-state index in [0.29, 0.717) is 44.8 Å². The Morgan fingerprint density at radius 1 is 0.957 bits per heavy atom. The first-order valence-electron chi connectivity index (χ1n) is 16.7. The minimum absolute atomic E-state index is 0.0153. The van der Waals surface area contributed by atoms with Gasteiger partial charge in [-0.25, -0.2) is 4.98 Å². The number of amides is 1. The number of pyridine rings is 1. The van der Waals surface area contributed by atoms with Crippen molar-refractivity contribution in [1.82, 2.24) is 34.7 Å². The van der Waals surface area contributed by atoms with Gasteiger partial charge in [0.05, 0.1) is 28.4 Å². The van der Waals surface area contributed by atoms with Crippen molar-refractivity contribution in [2.24, 2.45) is 5.92 Å². The van der Waals surface area contributed by atoms with Crippen LogP contribution in [0.15, 0.2) is 54.7 Å². The minimum atomic E-state index is -4.08. The van der Waals surface area contributed by atoms with Gasteiger partial charge in [-0.05, 0) is 84.3 Å². The van der Waals surface area contributed by atoms with Crippen molar-refractivity contribution >= 4 is 16.8 Å². The fraction of sp³-hybridized carbons (Fsp3) is 0.500. The van der Waals surface area contributed by atoms with Gasteiger partial charge in [0.2, 0.25) is 0 Å². The number of fused-ring (bicyclic) bond motifs is 1. The molecule has 0 saturated carbocycles. The Morgan fingerprint density at radius 2 is 1.68 bits per heavy atom. The zero-order valence-electron chi connectivity index (χ0n) is 27.7. The van der Waals surface area contributed by atoms with Gasteiger partial charge < -0.3 is 9.80 Å². The molecule has 11 heteroatoms. The fourth-order valence-corrected chi connectivity index (χ4v) is 7.24. The number of aromatic nitrogens is 4. The van der Waals surface area contributed by atoms with E-state index in [1.807, 2.05) is 46.1 Å². The van der Waals surface area contributed by atoms with E-state index in [0.717, 1.165) is 46.4 Å². The summed E-state index contributed by atoms with van der Waals surface area (Å²) in [7, 11) is 0. The number of carbonyl (C=O) groups excluding carboxylic acids is 1. The van der Waals surface area contributed by atoms with Crippen LogP contribution >= 0.6 is 0 Å². The van der Waals surface area contributed by atoms with Gasteiger partial charge in [0.25, 0.3) is 5.91 Å². The molecule has 6 rings (SSSR count). The third-order valence-electron chi connectivity index (χ3n) is 9.84. The van der Waals surface area contributed by atoms with Crippen LogP contribution in [0, 0.1) is 19.8 Å². The number of piperazine rings is 1. The Hall–Kier alpha value is -3.83. The quantitative estimate of drug-likeness (QED) is 0.217. The largest absolute Gasteiger partial charge is 0.391 e. The average molecular weight is 648 g/mol. The number of carbonyl (C=O) groups is 1. The molecule has 0 spiro atoms. The number of hydrogen-bond donors (Lipinski definition) is 0. The fourth-order valence-electron chi connectivity index (χ4n) is 7.24. The molecule has 2 atom stereocenters. The highest BCUT2D eigenvalue weighted by molar-refractivity contribution is 6.07. The van der Waals surface area contributed by atoms with Crippen molar-refractivity contribution in [3.05, 3.63) is 77.1 Å². The van der Waals surface area contributed by atoms with Crippen LogP contribution < -0.4 is 0 Å². The van der Waals surface area contributed by atoms with E-state index in [9.17, 15) is 18.0 Å². The van der Waals surface area contributed by atoms with Crippen LogP contribution in [-0.4, -0.2) is 91.6 Å². The molecule has 2 saturated heterocycles. The van der Waals surface area contributed by atoms with Gasteiger partial charge in [0.15, 0.2) is 0 Å². The Bertz CT molecular complexity index is 1700. The van der Waals surface area contributed by atoms with E-state index in [-0.39, 0.29) is 30.8 Å². The van der Waals surface area contributed by atoms with Crippen molar-refractivity contribution in [2.75, 3.05) is 32.7 Å². The number of alkyl halides is 3. The van der Waals surface area contributed by atoms with E-state index in [1.54, 1.807) is 0 Å². The highest BCUT2D eigenvalue weighted by atomic mass is 19.4. The van der Waals surface area contributed by atoms with Gasteiger partial charge in [-0.1, -0.05) is 47.2 Å². The molecule has 2 aliphatic heterocycles. The molecule has 0 aliphatic carbocycles. The molecule has 1 amide bonds. The Kier molecular flexibility index (Phi) is 9.66. The first kappa shape index (κ1) is 33.1. The lowest BCUT2D eigenvalue weighted by Crippen LogP contribution is -2.57. The molecule has 0 unspecified atom stereocenters. The number of aryl methyl sites for hydroxylation is 3. The third-order valence-corrected chi connectivity index (χ3v) is 9.84. The van der Waals surface area contributed by atoms with Gasteiger partial charge >= 0.3 is 6.18 Å². The maximum atomic E-state index is 14.2. The summed E-state index contributed by atoms with van der Waals surface area (Å²) < 4.78 is 40.7. The molecule has 4 aromatic rings. The van der Waals surface area contributed by atoms with E-state index in [2.05, 4.69) is 66.0 Å². The van der Waals surface area contributed by atoms with Crippen LogP contribution in [0.1, 0.15) is 60.3 Å². The molecule has 0 N–H and O–H groups in total. The summed E-state index contributed by atoms with van der Waals surface area (Å²) in [5, 5.41) is 9.59. The summed E-state index contributed by atoms with van der Waals surface area (Å²) in [6.07, 6.45) is -0.953. The maximum absolute atomic E-state index is 14.2. The molecule has 0 bridgehead atoms. The van der Waals surface area contributed by atoms with Crippen molar-refractivity contribution in [1.29, 1.82) is 0 Å². The third kappa shape index (κ3) is 7.51. The predicted molar refractivity (Wildman–Crippen MR) is 177 cm³/mol. The lowest BCUT2D eigenvalue weighted by molar-refractivity contribution is -0.185. The van der Waals surface area contributed by atoms with Crippen molar-refractivity contribution in [2.45, 2.75) is 78.3 Å². The zero-order chi connectivity index (χ0) is 33.3. The summed E-state index contributed by atoms with van der Waals surface area (Å²) in [5.74, 6) is -1.15. The molecule has 250 valence electrons. The molecule has 4 heterocycles. The van der Waals surface area contributed by atoms with E-state index < -0.39 is 12.1 Å². The standard InChI is InChI=1S/C36H44F3N7O/c1-24-10-11-30(25(2)18-24)34-19-32(31-8-5-6-9-33(31)40-34)35(47)44-20-26(3)46(27(4)21-44)23-29-22-45(42-41-29)15-7-14-43-16-12-28(13-17-43)36(37,38)39/h5-6,8-11,18-19,22,26-28H,7,12-17,20-21,23H2,1-4H3/t26-,27+. The second-order valence-electron chi connectivity index (χ2n) is 13.5. The summed E-state index contributed by atoms with van der Waals surface area (Å²) in [4.78, 5) is 25.6. The molecule has 2 aromatic carbocycles. The van der Waals surface area contributed by atoms with E-state index in [1.165, 1.54) is 5.56 Å². The van der Waals surface area contributed by atoms with Gasteiger partial charge in [-0.15, -0.1) is 5.10 Å². The summed E-state index contributed by atoms with van der Waals surface area (Å²) in [5.41, 5.74) is 6.50. The van der Waals surface area contributed by atoms with Crippen LogP contribution in [0.2, 0.25) is 0 Å². The SMILES string of the molecule is Cc1ccc(-c2cc(C(=O)N3C[C@@H](C)N(Cc4cn(CCCN5CCC(C(F)(F)F)CC5)nn4)[C@@H](C)C3)c3ccccc3n2)c(C)c1. The number of rotatable bonds is 8. The second kappa shape index (κ2) is 13.7. The summed E-state index contributed by atoms with van der Waals surface area (Å²) >= 11 is 0. The number of nitrogens with zero attached hydrogens (tertiary/aromatic N) is 7. The van der Waals surface area contributed by atoms with Crippen LogP contribution in [0.25, 0.3) is 22.2 Å². The number of benzene rings is 2. The molecule has 8 nitrogen and oxygen atoms in total. The number of hydrogen-bond acceptors (Lipinski definition) is 6. The molecule has 47 heavy (non-hydrogen) atoms. The van der Waals surface area contributed by atoms with Crippen molar-refractivity contribution in [3.8, 4) is 11.3 Å². The van der Waals surface area contributed by atoms with Gasteiger partial charge in [-0.2, -0.15) is 13.2 Å². The lowest BCUT2D eigenvalue weighted by atomic mass is 9.96. The van der Waals surface area contributed by atoms with Gasteiger partial charge in [0, 0.05) is 55.4 Å². The molecule has 2 fully saturated rings. The predicted octanol–water partition coefficient (Wildman–Crippen LogP) is 6.51. The molecular weight excluding hydrogens is 603 g/mol. The Balaban J connectivity index is 1.07. The first-order valence-corrected chi connectivity index (χ1v) is 16.7. The topological polar surface area (TPSA) is 70.4 Å². The van der Waals surface area contributed by atoms with Crippen LogP contribution in [0.4, 0.5) is 13.2 Å². The summed E-state index contributed by atoms with van der Waals surface area (Å²) in [6.45, 7) is 12.7. The van der Waals surface area contributed by atoms with Gasteiger partial charge in [-0.3, -0.25) is 14.4 Å². The zero-order valence-corrected chi connectivity index (χ0v) is 27.7. The minimum Gasteiger partial charge on any atom is -0.336 e. The van der Waals surface area contributed by atoms with Crippen molar-refractivity contribution in [3.63, 3.8) is 0 Å². The number of halogens is 3. The van der Waals surface area contributed by atoms with E-state index >= 15 is 0 Å². The molecule has 2 aliphatic rings. The maximum Gasteiger partial charge on any atom is 0.391 e. The number of likely N-dealkylation sites (tertiary alicyclic amines) is 1.